The van der Waals surface area contributed by atoms with Crippen LogP contribution < -0.4 is 16.2 Å². The molecule has 0 unspecified atom stereocenters. The van der Waals surface area contributed by atoms with E-state index in [0.29, 0.717) is 29.7 Å². The second-order valence-electron chi connectivity index (χ2n) is 4.15. The number of hydrogen-bond donors (Lipinski definition) is 3. The lowest BCUT2D eigenvalue weighted by molar-refractivity contribution is 0.309. The van der Waals surface area contributed by atoms with Crippen molar-refractivity contribution in [1.29, 1.82) is 0 Å². The number of nitrogens with zero attached hydrogens (tertiary/aromatic N) is 1. The van der Waals surface area contributed by atoms with Gasteiger partial charge >= 0.3 is 0 Å². The molecule has 0 fully saturated rings. The molecule has 1 aromatic heterocycles. The Morgan fingerprint density at radius 3 is 2.63 bits per heavy atom. The molecule has 5 nitrogen and oxygen atoms in total. The standard InChI is InChI=1S/C14H18N4O/c1-2-8-19-14-12(16)11(15)13(18-14)17-9-10-6-4-3-5-7-10/h3-7,9,18H,2,8,15-16H2,1H3/b17-9+. The number of benzene rings is 1. The number of aromatic amines is 1. The molecule has 0 atom stereocenters. The van der Waals surface area contributed by atoms with Crippen LogP contribution >= 0.6 is 0 Å². The van der Waals surface area contributed by atoms with Crippen LogP contribution in [0, 0.1) is 0 Å². The van der Waals surface area contributed by atoms with Crippen molar-refractivity contribution in [3.63, 3.8) is 0 Å². The zero-order valence-electron chi connectivity index (χ0n) is 10.9. The van der Waals surface area contributed by atoms with Crippen LogP contribution in [0.1, 0.15) is 18.9 Å². The van der Waals surface area contributed by atoms with Crippen molar-refractivity contribution in [2.45, 2.75) is 13.3 Å². The van der Waals surface area contributed by atoms with Gasteiger partial charge in [-0.25, -0.2) is 4.99 Å². The molecule has 0 spiro atoms. The molecule has 2 rings (SSSR count). The maximum absolute atomic E-state index is 5.89. The summed E-state index contributed by atoms with van der Waals surface area (Å²) in [5.74, 6) is 1.01. The highest BCUT2D eigenvalue weighted by atomic mass is 16.5. The summed E-state index contributed by atoms with van der Waals surface area (Å²) in [6, 6.07) is 9.77. The fourth-order valence-electron chi connectivity index (χ4n) is 1.59. The summed E-state index contributed by atoms with van der Waals surface area (Å²) in [4.78, 5) is 7.28. The zero-order chi connectivity index (χ0) is 13.7. The SMILES string of the molecule is CCCOc1[nH]c(/N=C/c2ccccc2)c(N)c1N. The van der Waals surface area contributed by atoms with Gasteiger partial charge in [0.15, 0.2) is 5.82 Å². The molecule has 0 saturated carbocycles. The molecule has 0 aliphatic carbocycles. The van der Waals surface area contributed by atoms with Gasteiger partial charge < -0.3 is 21.2 Å². The fraction of sp³-hybridized carbons (Fsp3) is 0.214. The van der Waals surface area contributed by atoms with Gasteiger partial charge in [0.2, 0.25) is 5.88 Å². The molecule has 0 aliphatic heterocycles. The predicted molar refractivity (Wildman–Crippen MR) is 79.1 cm³/mol. The minimum absolute atomic E-state index is 0.411. The van der Waals surface area contributed by atoms with Crippen LogP contribution in [0.3, 0.4) is 0 Å². The Balaban J connectivity index is 2.19. The van der Waals surface area contributed by atoms with E-state index in [1.807, 2.05) is 37.3 Å². The van der Waals surface area contributed by atoms with E-state index in [1.165, 1.54) is 0 Å². The summed E-state index contributed by atoms with van der Waals surface area (Å²) in [7, 11) is 0. The maximum Gasteiger partial charge on any atom is 0.218 e. The highest BCUT2D eigenvalue weighted by molar-refractivity contribution is 5.87. The molecule has 100 valence electrons. The van der Waals surface area contributed by atoms with E-state index < -0.39 is 0 Å². The smallest absolute Gasteiger partial charge is 0.218 e. The number of hydrogen-bond acceptors (Lipinski definition) is 4. The summed E-state index contributed by atoms with van der Waals surface area (Å²) in [5.41, 5.74) is 13.6. The van der Waals surface area contributed by atoms with E-state index in [0.717, 1.165) is 12.0 Å². The molecule has 0 radical (unpaired) electrons. The summed E-state index contributed by atoms with van der Waals surface area (Å²) in [6.45, 7) is 2.61. The lowest BCUT2D eigenvalue weighted by Gasteiger charge is -2.01. The van der Waals surface area contributed by atoms with E-state index in [-0.39, 0.29) is 0 Å². The van der Waals surface area contributed by atoms with Crippen LogP contribution in [0.5, 0.6) is 5.88 Å². The minimum Gasteiger partial charge on any atom is -0.477 e. The third kappa shape index (κ3) is 3.07. The number of nitrogens with one attached hydrogen (secondary N) is 1. The first-order valence-corrected chi connectivity index (χ1v) is 6.21. The Bertz CT molecular complexity index is 560. The maximum atomic E-state index is 5.89. The number of anilines is 2. The lowest BCUT2D eigenvalue weighted by atomic mass is 10.2. The van der Waals surface area contributed by atoms with Crippen molar-refractivity contribution < 1.29 is 4.74 Å². The predicted octanol–water partition coefficient (Wildman–Crippen LogP) is 2.72. The number of rotatable bonds is 5. The Kier molecular flexibility index (Phi) is 4.07. The number of aromatic nitrogens is 1. The molecule has 1 heterocycles. The van der Waals surface area contributed by atoms with Gasteiger partial charge in [-0.1, -0.05) is 37.3 Å². The van der Waals surface area contributed by atoms with Gasteiger partial charge in [0, 0.05) is 6.21 Å². The summed E-state index contributed by atoms with van der Waals surface area (Å²) in [6.07, 6.45) is 2.63. The third-order valence-electron chi connectivity index (χ3n) is 2.61. The Morgan fingerprint density at radius 1 is 1.21 bits per heavy atom. The van der Waals surface area contributed by atoms with Crippen molar-refractivity contribution >= 4 is 23.4 Å². The van der Waals surface area contributed by atoms with Gasteiger partial charge in [0.05, 0.1) is 6.61 Å². The van der Waals surface area contributed by atoms with E-state index in [9.17, 15) is 0 Å². The van der Waals surface area contributed by atoms with Gasteiger partial charge in [-0.05, 0) is 12.0 Å². The molecule has 5 heteroatoms. The summed E-state index contributed by atoms with van der Waals surface area (Å²) in [5, 5.41) is 0. The number of nitrogens with two attached hydrogens (primary N) is 2. The zero-order valence-corrected chi connectivity index (χ0v) is 10.9. The first-order chi connectivity index (χ1) is 9.22. The Labute approximate surface area is 112 Å². The van der Waals surface area contributed by atoms with Crippen LogP contribution in [-0.4, -0.2) is 17.8 Å². The Morgan fingerprint density at radius 2 is 1.95 bits per heavy atom. The quantitative estimate of drug-likeness (QED) is 0.720. The molecule has 2 aromatic rings. The summed E-state index contributed by atoms with van der Waals surface area (Å²) >= 11 is 0. The number of nitrogen functional groups attached to an aromatic ring is 2. The van der Waals surface area contributed by atoms with Crippen LogP contribution in [-0.2, 0) is 0 Å². The van der Waals surface area contributed by atoms with E-state index in [1.54, 1.807) is 6.21 Å². The topological polar surface area (TPSA) is 89.4 Å². The van der Waals surface area contributed by atoms with Gasteiger partial charge in [-0.2, -0.15) is 0 Å². The Hall–Kier alpha value is -2.43. The highest BCUT2D eigenvalue weighted by Gasteiger charge is 2.12. The van der Waals surface area contributed by atoms with Crippen molar-refractivity contribution in [1.82, 2.24) is 4.98 Å². The molecular formula is C14H18N4O. The van der Waals surface area contributed by atoms with Crippen LogP contribution in [0.25, 0.3) is 0 Å². The molecule has 0 aliphatic rings. The normalized spacial score (nSPS) is 11.0. The molecule has 0 bridgehead atoms. The van der Waals surface area contributed by atoms with E-state index in [4.69, 9.17) is 16.2 Å². The monoisotopic (exact) mass is 258 g/mol. The van der Waals surface area contributed by atoms with Crippen LogP contribution in [0.4, 0.5) is 17.2 Å². The van der Waals surface area contributed by atoms with Crippen LogP contribution in [0.15, 0.2) is 35.3 Å². The molecular weight excluding hydrogens is 240 g/mol. The van der Waals surface area contributed by atoms with Gasteiger partial charge in [0.1, 0.15) is 11.4 Å². The first-order valence-electron chi connectivity index (χ1n) is 6.21. The molecule has 5 N–H and O–H groups in total. The molecule has 0 amide bonds. The fourth-order valence-corrected chi connectivity index (χ4v) is 1.59. The van der Waals surface area contributed by atoms with Crippen LogP contribution in [0.2, 0.25) is 0 Å². The summed E-state index contributed by atoms with van der Waals surface area (Å²) < 4.78 is 5.47. The van der Waals surface area contributed by atoms with Gasteiger partial charge in [-0.3, -0.25) is 0 Å². The van der Waals surface area contributed by atoms with Gasteiger partial charge in [0.25, 0.3) is 0 Å². The van der Waals surface area contributed by atoms with Crippen molar-refractivity contribution in [3.05, 3.63) is 35.9 Å². The largest absolute Gasteiger partial charge is 0.477 e. The van der Waals surface area contributed by atoms with Gasteiger partial charge in [-0.15, -0.1) is 0 Å². The first kappa shape index (κ1) is 13.0. The average molecular weight is 258 g/mol. The number of H-pyrrole nitrogens is 1. The minimum atomic E-state index is 0.411. The average Bonchev–Trinajstić information content (AvgIpc) is 2.72. The van der Waals surface area contributed by atoms with Crippen molar-refractivity contribution in [2.24, 2.45) is 4.99 Å². The van der Waals surface area contributed by atoms with Crippen molar-refractivity contribution in [3.8, 4) is 5.88 Å². The number of aliphatic imine (C=N–C) groups is 1. The molecule has 0 saturated heterocycles. The molecule has 19 heavy (non-hydrogen) atoms. The number of ether oxygens (including phenoxy) is 1. The third-order valence-corrected chi connectivity index (χ3v) is 2.61. The highest BCUT2D eigenvalue weighted by Crippen LogP contribution is 2.35. The second-order valence-corrected chi connectivity index (χ2v) is 4.15. The molecule has 1 aromatic carbocycles. The van der Waals surface area contributed by atoms with E-state index in [2.05, 4.69) is 9.98 Å². The second kappa shape index (κ2) is 5.95. The lowest BCUT2D eigenvalue weighted by Crippen LogP contribution is -1.98. The van der Waals surface area contributed by atoms with E-state index >= 15 is 0 Å². The van der Waals surface area contributed by atoms with Crippen molar-refractivity contribution in [2.75, 3.05) is 18.1 Å².